The molecule has 1 saturated carbocycles. The second kappa shape index (κ2) is 7.50. The molecule has 0 saturated heterocycles. The monoisotopic (exact) mass is 279 g/mol. The number of nitrogens with one attached hydrogen (secondary N) is 1. The minimum absolute atomic E-state index is 0.117. The van der Waals surface area contributed by atoms with Gasteiger partial charge in [-0.1, -0.05) is 12.5 Å². The van der Waals surface area contributed by atoms with Crippen LogP contribution in [0, 0.1) is 5.92 Å². The normalized spacial score (nSPS) is 22.7. The molecule has 1 aliphatic carbocycles. The molecule has 1 fully saturated rings. The molecular weight excluding hydrogens is 254 g/mol. The van der Waals surface area contributed by atoms with Gasteiger partial charge in [-0.2, -0.15) is 0 Å². The number of hydrogen-bond acceptors (Lipinski definition) is 4. The molecule has 1 aliphatic rings. The average molecular weight is 279 g/mol. The summed E-state index contributed by atoms with van der Waals surface area (Å²) in [4.78, 5) is 0. The first-order valence-corrected chi connectivity index (χ1v) is 7.52. The summed E-state index contributed by atoms with van der Waals surface area (Å²) in [6.07, 6.45) is 4.07. The number of hydrogen-bond donors (Lipinski definition) is 3. The summed E-state index contributed by atoms with van der Waals surface area (Å²) in [5, 5.41) is 22.7. The van der Waals surface area contributed by atoms with Gasteiger partial charge in [-0.15, -0.1) is 0 Å². The number of aliphatic hydroxyl groups is 1. The zero-order valence-electron chi connectivity index (χ0n) is 12.1. The van der Waals surface area contributed by atoms with E-state index in [-0.39, 0.29) is 11.9 Å². The van der Waals surface area contributed by atoms with E-state index in [0.29, 0.717) is 18.3 Å². The topological polar surface area (TPSA) is 61.7 Å². The van der Waals surface area contributed by atoms with Crippen LogP contribution in [0.5, 0.6) is 11.5 Å². The van der Waals surface area contributed by atoms with Crippen LogP contribution in [0.2, 0.25) is 0 Å². The van der Waals surface area contributed by atoms with Crippen molar-refractivity contribution in [3.8, 4) is 11.5 Å². The zero-order chi connectivity index (χ0) is 14.4. The first kappa shape index (κ1) is 15.1. The Morgan fingerprint density at radius 3 is 2.95 bits per heavy atom. The number of ether oxygens (including phenoxy) is 1. The van der Waals surface area contributed by atoms with Gasteiger partial charge in [0.15, 0.2) is 11.5 Å². The maximum Gasteiger partial charge on any atom is 0.161 e. The van der Waals surface area contributed by atoms with E-state index in [1.54, 1.807) is 6.07 Å². The Morgan fingerprint density at radius 1 is 1.35 bits per heavy atom. The molecule has 0 heterocycles. The highest BCUT2D eigenvalue weighted by Crippen LogP contribution is 2.27. The summed E-state index contributed by atoms with van der Waals surface area (Å²) >= 11 is 0. The third kappa shape index (κ3) is 4.39. The highest BCUT2D eigenvalue weighted by Gasteiger charge is 2.19. The Labute approximate surface area is 120 Å². The van der Waals surface area contributed by atoms with E-state index in [4.69, 9.17) is 4.74 Å². The standard InChI is InChI=1S/C16H25NO3/c1-2-20-16-9-13(6-7-15(16)19)11-17-10-12-4-3-5-14(18)8-12/h6-7,9,12,14,17-19H,2-5,8,10-11H2,1H3. The minimum atomic E-state index is -0.117. The van der Waals surface area contributed by atoms with Gasteiger partial charge in [-0.05, 0) is 56.3 Å². The molecule has 0 bridgehead atoms. The lowest BCUT2D eigenvalue weighted by atomic mass is 9.87. The summed E-state index contributed by atoms with van der Waals surface area (Å²) in [5.41, 5.74) is 1.10. The van der Waals surface area contributed by atoms with Crippen molar-refractivity contribution < 1.29 is 14.9 Å². The number of phenols is 1. The summed E-state index contributed by atoms with van der Waals surface area (Å²) in [7, 11) is 0. The van der Waals surface area contributed by atoms with Crippen molar-refractivity contribution in [2.24, 2.45) is 5.92 Å². The van der Waals surface area contributed by atoms with E-state index in [9.17, 15) is 10.2 Å². The van der Waals surface area contributed by atoms with Crippen LogP contribution in [-0.4, -0.2) is 29.5 Å². The van der Waals surface area contributed by atoms with Crippen LogP contribution in [-0.2, 0) is 6.54 Å². The molecule has 3 N–H and O–H groups in total. The summed E-state index contributed by atoms with van der Waals surface area (Å²) in [6, 6.07) is 5.45. The molecule has 1 aromatic carbocycles. The number of rotatable bonds is 6. The van der Waals surface area contributed by atoms with Gasteiger partial charge in [-0.25, -0.2) is 0 Å². The lowest BCUT2D eigenvalue weighted by Crippen LogP contribution is -2.28. The Hall–Kier alpha value is -1.26. The van der Waals surface area contributed by atoms with Gasteiger partial charge >= 0.3 is 0 Å². The van der Waals surface area contributed by atoms with Gasteiger partial charge in [-0.3, -0.25) is 0 Å². The highest BCUT2D eigenvalue weighted by atomic mass is 16.5. The second-order valence-corrected chi connectivity index (χ2v) is 5.55. The van der Waals surface area contributed by atoms with Crippen LogP contribution >= 0.6 is 0 Å². The molecule has 0 radical (unpaired) electrons. The lowest BCUT2D eigenvalue weighted by molar-refractivity contribution is 0.101. The van der Waals surface area contributed by atoms with Gasteiger partial charge in [0, 0.05) is 6.54 Å². The van der Waals surface area contributed by atoms with Crippen molar-refractivity contribution in [3.63, 3.8) is 0 Å². The average Bonchev–Trinajstić information content (AvgIpc) is 2.43. The van der Waals surface area contributed by atoms with E-state index in [0.717, 1.165) is 37.9 Å². The fourth-order valence-corrected chi connectivity index (χ4v) is 2.81. The quantitative estimate of drug-likeness (QED) is 0.748. The smallest absolute Gasteiger partial charge is 0.161 e. The van der Waals surface area contributed by atoms with Crippen molar-refractivity contribution in [2.45, 2.75) is 45.3 Å². The van der Waals surface area contributed by atoms with E-state index >= 15 is 0 Å². The van der Waals surface area contributed by atoms with Gasteiger partial charge in [0.1, 0.15) is 0 Å². The number of benzene rings is 1. The fourth-order valence-electron chi connectivity index (χ4n) is 2.81. The Morgan fingerprint density at radius 2 is 2.20 bits per heavy atom. The Balaban J connectivity index is 1.80. The summed E-state index contributed by atoms with van der Waals surface area (Å²) in [5.74, 6) is 1.30. The van der Waals surface area contributed by atoms with Crippen molar-refractivity contribution >= 4 is 0 Å². The number of phenolic OH excluding ortho intramolecular Hbond substituents is 1. The first-order chi connectivity index (χ1) is 9.69. The molecule has 0 aliphatic heterocycles. The zero-order valence-corrected chi connectivity index (χ0v) is 12.1. The fraction of sp³-hybridized carbons (Fsp3) is 0.625. The molecule has 4 heteroatoms. The third-order valence-electron chi connectivity index (χ3n) is 3.84. The summed E-state index contributed by atoms with van der Waals surface area (Å²) < 4.78 is 5.38. The van der Waals surface area contributed by atoms with Crippen LogP contribution < -0.4 is 10.1 Å². The minimum Gasteiger partial charge on any atom is -0.504 e. The maximum atomic E-state index is 9.65. The van der Waals surface area contributed by atoms with Crippen molar-refractivity contribution in [3.05, 3.63) is 23.8 Å². The van der Waals surface area contributed by atoms with E-state index in [1.165, 1.54) is 6.42 Å². The lowest BCUT2D eigenvalue weighted by Gasteiger charge is -2.26. The SMILES string of the molecule is CCOc1cc(CNCC2CCCC(O)C2)ccc1O. The van der Waals surface area contributed by atoms with Crippen molar-refractivity contribution in [1.29, 1.82) is 0 Å². The number of aliphatic hydroxyl groups excluding tert-OH is 1. The molecule has 0 aromatic heterocycles. The van der Waals surface area contributed by atoms with Crippen LogP contribution in [0.15, 0.2) is 18.2 Å². The Bertz CT molecular complexity index is 422. The van der Waals surface area contributed by atoms with Crippen LogP contribution in [0.1, 0.15) is 38.2 Å². The van der Waals surface area contributed by atoms with Crippen molar-refractivity contribution in [1.82, 2.24) is 5.32 Å². The molecule has 1 aromatic rings. The van der Waals surface area contributed by atoms with Gasteiger partial charge in [0.05, 0.1) is 12.7 Å². The van der Waals surface area contributed by atoms with Gasteiger partial charge in [0.2, 0.25) is 0 Å². The molecule has 2 atom stereocenters. The number of aromatic hydroxyl groups is 1. The van der Waals surface area contributed by atoms with Crippen LogP contribution in [0.25, 0.3) is 0 Å². The van der Waals surface area contributed by atoms with E-state index in [2.05, 4.69) is 5.32 Å². The predicted octanol–water partition coefficient (Wildman–Crippen LogP) is 2.43. The molecule has 4 nitrogen and oxygen atoms in total. The van der Waals surface area contributed by atoms with E-state index < -0.39 is 0 Å². The summed E-state index contributed by atoms with van der Waals surface area (Å²) in [6.45, 7) is 4.14. The molecular formula is C16H25NO3. The Kier molecular flexibility index (Phi) is 5.68. The molecule has 2 unspecified atom stereocenters. The first-order valence-electron chi connectivity index (χ1n) is 7.52. The van der Waals surface area contributed by atoms with Crippen LogP contribution in [0.3, 0.4) is 0 Å². The largest absolute Gasteiger partial charge is 0.504 e. The highest BCUT2D eigenvalue weighted by molar-refractivity contribution is 5.41. The molecule has 112 valence electrons. The second-order valence-electron chi connectivity index (χ2n) is 5.55. The predicted molar refractivity (Wildman–Crippen MR) is 78.9 cm³/mol. The maximum absolute atomic E-state index is 9.65. The molecule has 2 rings (SSSR count). The van der Waals surface area contributed by atoms with Crippen LogP contribution in [0.4, 0.5) is 0 Å². The molecule has 0 amide bonds. The van der Waals surface area contributed by atoms with E-state index in [1.807, 2.05) is 19.1 Å². The van der Waals surface area contributed by atoms with Crippen molar-refractivity contribution in [2.75, 3.05) is 13.2 Å². The molecule has 20 heavy (non-hydrogen) atoms. The third-order valence-corrected chi connectivity index (χ3v) is 3.84. The van der Waals surface area contributed by atoms with Gasteiger partial charge < -0.3 is 20.3 Å². The molecule has 0 spiro atoms. The van der Waals surface area contributed by atoms with Gasteiger partial charge in [0.25, 0.3) is 0 Å².